The molecule has 0 spiro atoms. The SMILES string of the molecule is CCN(CC)c1ccc(NC(=O)c2cccnc2SC)cn1. The molecule has 6 heteroatoms. The number of anilines is 2. The van der Waals surface area contributed by atoms with Crippen molar-refractivity contribution in [3.8, 4) is 0 Å². The third kappa shape index (κ3) is 3.76. The van der Waals surface area contributed by atoms with E-state index in [2.05, 4.69) is 34.0 Å². The highest BCUT2D eigenvalue weighted by molar-refractivity contribution is 7.98. The van der Waals surface area contributed by atoms with E-state index >= 15 is 0 Å². The summed E-state index contributed by atoms with van der Waals surface area (Å²) in [5, 5.41) is 3.58. The van der Waals surface area contributed by atoms with Crippen LogP contribution in [-0.2, 0) is 0 Å². The Labute approximate surface area is 135 Å². The fourth-order valence-electron chi connectivity index (χ4n) is 2.12. The van der Waals surface area contributed by atoms with Crippen LogP contribution in [-0.4, -0.2) is 35.2 Å². The lowest BCUT2D eigenvalue weighted by Crippen LogP contribution is -2.23. The van der Waals surface area contributed by atoms with Crippen LogP contribution in [0.5, 0.6) is 0 Å². The first-order valence-corrected chi connectivity index (χ1v) is 8.43. The second-order valence-corrected chi connectivity index (χ2v) is 5.39. The smallest absolute Gasteiger partial charge is 0.258 e. The molecular formula is C16H20N4OS. The van der Waals surface area contributed by atoms with Crippen LogP contribution < -0.4 is 10.2 Å². The van der Waals surface area contributed by atoms with Crippen molar-refractivity contribution in [1.29, 1.82) is 0 Å². The first kappa shape index (κ1) is 16.3. The van der Waals surface area contributed by atoms with E-state index in [1.807, 2.05) is 18.4 Å². The third-order valence-corrected chi connectivity index (χ3v) is 4.01. The number of hydrogen-bond donors (Lipinski definition) is 1. The van der Waals surface area contributed by atoms with Crippen molar-refractivity contribution < 1.29 is 4.79 Å². The van der Waals surface area contributed by atoms with E-state index < -0.39 is 0 Å². The van der Waals surface area contributed by atoms with Gasteiger partial charge in [-0.1, -0.05) is 0 Å². The molecule has 0 aliphatic carbocycles. The van der Waals surface area contributed by atoms with Crippen LogP contribution in [0, 0.1) is 0 Å². The van der Waals surface area contributed by atoms with Crippen LogP contribution in [0.15, 0.2) is 41.7 Å². The summed E-state index contributed by atoms with van der Waals surface area (Å²) in [6, 6.07) is 7.32. The predicted molar refractivity (Wildman–Crippen MR) is 91.8 cm³/mol. The third-order valence-electron chi connectivity index (χ3n) is 3.30. The van der Waals surface area contributed by atoms with Crippen LogP contribution in [0.3, 0.4) is 0 Å². The number of carbonyl (C=O) groups excluding carboxylic acids is 1. The molecule has 22 heavy (non-hydrogen) atoms. The molecule has 5 nitrogen and oxygen atoms in total. The topological polar surface area (TPSA) is 58.1 Å². The highest BCUT2D eigenvalue weighted by atomic mass is 32.2. The van der Waals surface area contributed by atoms with E-state index in [0.29, 0.717) is 16.3 Å². The molecule has 0 saturated heterocycles. The Kier molecular flexibility index (Phi) is 5.77. The van der Waals surface area contributed by atoms with Crippen LogP contribution in [0.4, 0.5) is 11.5 Å². The summed E-state index contributed by atoms with van der Waals surface area (Å²) in [7, 11) is 0. The molecule has 2 aromatic rings. The van der Waals surface area contributed by atoms with Gasteiger partial charge >= 0.3 is 0 Å². The fraction of sp³-hybridized carbons (Fsp3) is 0.312. The molecule has 0 unspecified atom stereocenters. The van der Waals surface area contributed by atoms with E-state index in [0.717, 1.165) is 18.9 Å². The van der Waals surface area contributed by atoms with Gasteiger partial charge in [0.25, 0.3) is 5.91 Å². The minimum atomic E-state index is -0.171. The normalized spacial score (nSPS) is 10.3. The molecular weight excluding hydrogens is 296 g/mol. The summed E-state index contributed by atoms with van der Waals surface area (Å²) in [5.74, 6) is 0.740. The van der Waals surface area contributed by atoms with Gasteiger partial charge in [0.2, 0.25) is 0 Å². The number of nitrogens with one attached hydrogen (secondary N) is 1. The molecule has 0 aromatic carbocycles. The monoisotopic (exact) mass is 316 g/mol. The van der Waals surface area contributed by atoms with Crippen LogP contribution >= 0.6 is 11.8 Å². The maximum Gasteiger partial charge on any atom is 0.258 e. The predicted octanol–water partition coefficient (Wildman–Crippen LogP) is 3.30. The van der Waals surface area contributed by atoms with Crippen molar-refractivity contribution in [2.24, 2.45) is 0 Å². The average Bonchev–Trinajstić information content (AvgIpc) is 2.57. The minimum absolute atomic E-state index is 0.171. The molecule has 2 heterocycles. The average molecular weight is 316 g/mol. The molecule has 0 atom stereocenters. The fourth-order valence-corrected chi connectivity index (χ4v) is 2.67. The molecule has 0 aliphatic heterocycles. The first-order valence-electron chi connectivity index (χ1n) is 7.21. The number of rotatable bonds is 6. The number of carbonyl (C=O) groups is 1. The Morgan fingerprint density at radius 3 is 2.59 bits per heavy atom. The Morgan fingerprint density at radius 1 is 1.23 bits per heavy atom. The lowest BCUT2D eigenvalue weighted by molar-refractivity contribution is 0.102. The van der Waals surface area contributed by atoms with Gasteiger partial charge in [-0.15, -0.1) is 11.8 Å². The zero-order chi connectivity index (χ0) is 15.9. The highest BCUT2D eigenvalue weighted by Gasteiger charge is 2.12. The van der Waals surface area contributed by atoms with Gasteiger partial charge in [-0.05, 0) is 44.4 Å². The number of pyridine rings is 2. The molecule has 1 amide bonds. The van der Waals surface area contributed by atoms with Gasteiger partial charge in [-0.2, -0.15) is 0 Å². The van der Waals surface area contributed by atoms with E-state index in [1.165, 1.54) is 11.8 Å². The molecule has 0 fully saturated rings. The molecule has 0 saturated carbocycles. The van der Waals surface area contributed by atoms with Gasteiger partial charge in [0.1, 0.15) is 10.8 Å². The second-order valence-electron chi connectivity index (χ2n) is 4.59. The zero-order valence-electron chi connectivity index (χ0n) is 13.0. The molecule has 1 N–H and O–H groups in total. The van der Waals surface area contributed by atoms with Crippen LogP contribution in [0.25, 0.3) is 0 Å². The lowest BCUT2D eigenvalue weighted by Gasteiger charge is -2.19. The number of aromatic nitrogens is 2. The van der Waals surface area contributed by atoms with Crippen molar-refractivity contribution in [2.45, 2.75) is 18.9 Å². The van der Waals surface area contributed by atoms with Crippen molar-refractivity contribution in [3.05, 3.63) is 42.2 Å². The Balaban J connectivity index is 2.12. The molecule has 116 valence electrons. The van der Waals surface area contributed by atoms with Gasteiger partial charge in [-0.25, -0.2) is 9.97 Å². The Morgan fingerprint density at radius 2 is 2.00 bits per heavy atom. The van der Waals surface area contributed by atoms with E-state index in [1.54, 1.807) is 24.5 Å². The van der Waals surface area contributed by atoms with Crippen molar-refractivity contribution in [3.63, 3.8) is 0 Å². The molecule has 2 rings (SSSR count). The highest BCUT2D eigenvalue weighted by Crippen LogP contribution is 2.19. The summed E-state index contributed by atoms with van der Waals surface area (Å²) in [6.07, 6.45) is 5.27. The maximum atomic E-state index is 12.3. The summed E-state index contributed by atoms with van der Waals surface area (Å²) in [5.41, 5.74) is 1.25. The summed E-state index contributed by atoms with van der Waals surface area (Å²) < 4.78 is 0. The first-order chi connectivity index (χ1) is 10.7. The summed E-state index contributed by atoms with van der Waals surface area (Å²) in [6.45, 7) is 5.99. The van der Waals surface area contributed by atoms with Crippen LogP contribution in [0.1, 0.15) is 24.2 Å². The quantitative estimate of drug-likeness (QED) is 0.829. The number of amides is 1. The standard InChI is InChI=1S/C16H20N4OS/c1-4-20(5-2)14-9-8-12(11-18-14)19-15(21)13-7-6-10-17-16(13)22-3/h6-11H,4-5H2,1-3H3,(H,19,21). The molecule has 0 radical (unpaired) electrons. The lowest BCUT2D eigenvalue weighted by atomic mass is 10.2. The van der Waals surface area contributed by atoms with Gasteiger partial charge in [0, 0.05) is 19.3 Å². The number of thioether (sulfide) groups is 1. The van der Waals surface area contributed by atoms with Crippen LogP contribution in [0.2, 0.25) is 0 Å². The summed E-state index contributed by atoms with van der Waals surface area (Å²) >= 11 is 1.45. The molecule has 0 aliphatic rings. The number of hydrogen-bond acceptors (Lipinski definition) is 5. The zero-order valence-corrected chi connectivity index (χ0v) is 13.9. The van der Waals surface area contributed by atoms with E-state index in [-0.39, 0.29) is 5.91 Å². The van der Waals surface area contributed by atoms with Crippen molar-refractivity contribution >= 4 is 29.2 Å². The van der Waals surface area contributed by atoms with Gasteiger partial charge in [0.05, 0.1) is 17.4 Å². The van der Waals surface area contributed by atoms with E-state index in [4.69, 9.17) is 0 Å². The van der Waals surface area contributed by atoms with Gasteiger partial charge in [0.15, 0.2) is 0 Å². The Hall–Kier alpha value is -2.08. The number of nitrogens with zero attached hydrogens (tertiary/aromatic N) is 3. The largest absolute Gasteiger partial charge is 0.357 e. The maximum absolute atomic E-state index is 12.3. The van der Waals surface area contributed by atoms with E-state index in [9.17, 15) is 4.79 Å². The molecule has 2 aromatic heterocycles. The van der Waals surface area contributed by atoms with Gasteiger partial charge in [-0.3, -0.25) is 4.79 Å². The van der Waals surface area contributed by atoms with Crippen molar-refractivity contribution in [1.82, 2.24) is 9.97 Å². The van der Waals surface area contributed by atoms with Crippen molar-refractivity contribution in [2.75, 3.05) is 29.6 Å². The Bertz CT molecular complexity index is 626. The van der Waals surface area contributed by atoms with Gasteiger partial charge < -0.3 is 10.2 Å². The molecule has 0 bridgehead atoms. The summed E-state index contributed by atoms with van der Waals surface area (Å²) in [4.78, 5) is 23.1. The second kappa shape index (κ2) is 7.79. The minimum Gasteiger partial charge on any atom is -0.357 e.